The smallest absolute Gasteiger partial charge is 0.225 e. The fourth-order valence-corrected chi connectivity index (χ4v) is 3.51. The Morgan fingerprint density at radius 1 is 1.33 bits per heavy atom. The van der Waals surface area contributed by atoms with Gasteiger partial charge in [0.2, 0.25) is 5.91 Å². The minimum Gasteiger partial charge on any atom is -0.341 e. The Bertz CT molecular complexity index is 229. The number of thioether (sulfide) groups is 1. The van der Waals surface area contributed by atoms with Gasteiger partial charge in [-0.3, -0.25) is 4.79 Å². The summed E-state index contributed by atoms with van der Waals surface area (Å²) in [6.07, 6.45) is 3.29. The predicted molar refractivity (Wildman–Crippen MR) is 64.1 cm³/mol. The van der Waals surface area contributed by atoms with Crippen LogP contribution in [0.5, 0.6) is 0 Å². The molecule has 2 saturated heterocycles. The van der Waals surface area contributed by atoms with E-state index in [9.17, 15) is 4.79 Å². The molecule has 2 heterocycles. The lowest BCUT2D eigenvalue weighted by molar-refractivity contribution is -0.134. The van der Waals surface area contributed by atoms with Crippen molar-refractivity contribution < 1.29 is 4.79 Å². The van der Waals surface area contributed by atoms with Crippen LogP contribution in [0.15, 0.2) is 0 Å². The van der Waals surface area contributed by atoms with Gasteiger partial charge in [-0.05, 0) is 37.8 Å². The van der Waals surface area contributed by atoms with Crippen LogP contribution in [0.1, 0.15) is 19.3 Å². The highest BCUT2D eigenvalue weighted by Crippen LogP contribution is 2.25. The van der Waals surface area contributed by atoms with E-state index in [1.165, 1.54) is 11.5 Å². The molecule has 1 unspecified atom stereocenters. The summed E-state index contributed by atoms with van der Waals surface area (Å²) in [5, 5.41) is 3.25. The molecule has 2 rings (SSSR count). The van der Waals surface area contributed by atoms with E-state index < -0.39 is 0 Å². The van der Waals surface area contributed by atoms with Crippen LogP contribution in [0.4, 0.5) is 0 Å². The van der Waals surface area contributed by atoms with E-state index in [1.54, 1.807) is 0 Å². The summed E-state index contributed by atoms with van der Waals surface area (Å²) in [4.78, 5) is 14.2. The fraction of sp³-hybridized carbons (Fsp3) is 0.909. The zero-order valence-corrected chi connectivity index (χ0v) is 10.2. The van der Waals surface area contributed by atoms with E-state index in [4.69, 9.17) is 0 Å². The van der Waals surface area contributed by atoms with Crippen molar-refractivity contribution in [2.75, 3.05) is 31.6 Å². The van der Waals surface area contributed by atoms with Crippen LogP contribution in [0.2, 0.25) is 0 Å². The Morgan fingerprint density at radius 2 is 2.07 bits per heavy atom. The maximum absolute atomic E-state index is 12.2. The maximum Gasteiger partial charge on any atom is 0.225 e. The molecule has 3 nitrogen and oxygen atoms in total. The van der Waals surface area contributed by atoms with Gasteiger partial charge in [0.05, 0.1) is 0 Å². The van der Waals surface area contributed by atoms with E-state index in [2.05, 4.69) is 10.2 Å². The molecule has 1 N–H and O–H groups in total. The molecule has 86 valence electrons. The summed E-state index contributed by atoms with van der Waals surface area (Å²) in [5.74, 6) is 3.06. The molecule has 0 aromatic rings. The first-order valence-electron chi connectivity index (χ1n) is 5.85. The number of likely N-dealkylation sites (tertiary alicyclic amines) is 1. The van der Waals surface area contributed by atoms with Crippen LogP contribution in [0.25, 0.3) is 0 Å². The molecule has 0 saturated carbocycles. The Labute approximate surface area is 96.0 Å². The summed E-state index contributed by atoms with van der Waals surface area (Å²) in [6.45, 7) is 1.87. The zero-order chi connectivity index (χ0) is 10.7. The van der Waals surface area contributed by atoms with Crippen LogP contribution >= 0.6 is 11.8 Å². The molecule has 1 atom stereocenters. The van der Waals surface area contributed by atoms with Gasteiger partial charge in [-0.15, -0.1) is 0 Å². The maximum atomic E-state index is 12.2. The average Bonchev–Trinajstić information content (AvgIpc) is 2.78. The zero-order valence-electron chi connectivity index (χ0n) is 9.37. The Balaban J connectivity index is 1.85. The number of nitrogens with zero attached hydrogens (tertiary/aromatic N) is 1. The second-order valence-electron chi connectivity index (χ2n) is 4.45. The number of hydrogen-bond donors (Lipinski definition) is 1. The summed E-state index contributed by atoms with van der Waals surface area (Å²) in [5.41, 5.74) is 0. The SMILES string of the molecule is CNC1CCN(C(=O)C2CCSCC2)C1. The summed E-state index contributed by atoms with van der Waals surface area (Å²) in [7, 11) is 1.98. The van der Waals surface area contributed by atoms with E-state index in [1.807, 2.05) is 18.8 Å². The molecule has 0 radical (unpaired) electrons. The Hall–Kier alpha value is -0.220. The predicted octanol–water partition coefficient (Wildman–Crippen LogP) is 0.950. The van der Waals surface area contributed by atoms with Gasteiger partial charge in [0.25, 0.3) is 0 Å². The van der Waals surface area contributed by atoms with Crippen molar-refractivity contribution in [2.45, 2.75) is 25.3 Å². The number of nitrogens with one attached hydrogen (secondary N) is 1. The van der Waals surface area contributed by atoms with Gasteiger partial charge < -0.3 is 10.2 Å². The molecule has 4 heteroatoms. The lowest BCUT2D eigenvalue weighted by Crippen LogP contribution is -2.38. The number of hydrogen-bond acceptors (Lipinski definition) is 3. The van der Waals surface area contributed by atoms with Gasteiger partial charge in [-0.2, -0.15) is 11.8 Å². The molecular weight excluding hydrogens is 208 g/mol. The first kappa shape index (κ1) is 11.3. The van der Waals surface area contributed by atoms with E-state index in [-0.39, 0.29) is 0 Å². The minimum absolute atomic E-state index is 0.321. The molecule has 0 aliphatic carbocycles. The van der Waals surface area contributed by atoms with Gasteiger partial charge in [0, 0.05) is 25.0 Å². The molecule has 0 spiro atoms. The number of rotatable bonds is 2. The first-order valence-corrected chi connectivity index (χ1v) is 7.00. The molecular formula is C11H20N2OS. The van der Waals surface area contributed by atoms with Gasteiger partial charge in [0.1, 0.15) is 0 Å². The van der Waals surface area contributed by atoms with E-state index >= 15 is 0 Å². The molecule has 0 bridgehead atoms. The van der Waals surface area contributed by atoms with Crippen LogP contribution in [0.3, 0.4) is 0 Å². The quantitative estimate of drug-likeness (QED) is 0.764. The fourth-order valence-electron chi connectivity index (χ4n) is 2.40. The van der Waals surface area contributed by atoms with Crippen LogP contribution in [-0.2, 0) is 4.79 Å². The van der Waals surface area contributed by atoms with Crippen molar-refractivity contribution in [3.8, 4) is 0 Å². The number of amides is 1. The first-order chi connectivity index (χ1) is 7.31. The van der Waals surface area contributed by atoms with Crippen molar-refractivity contribution in [3.63, 3.8) is 0 Å². The lowest BCUT2D eigenvalue weighted by atomic mass is 10.0. The van der Waals surface area contributed by atoms with E-state index in [0.717, 1.165) is 32.4 Å². The topological polar surface area (TPSA) is 32.3 Å². The second-order valence-corrected chi connectivity index (χ2v) is 5.67. The van der Waals surface area contributed by atoms with Crippen LogP contribution in [-0.4, -0.2) is 48.5 Å². The number of likely N-dealkylation sites (N-methyl/N-ethyl adjacent to an activating group) is 1. The molecule has 2 aliphatic heterocycles. The molecule has 0 aromatic carbocycles. The van der Waals surface area contributed by atoms with Gasteiger partial charge in [-0.1, -0.05) is 0 Å². The van der Waals surface area contributed by atoms with Crippen molar-refractivity contribution in [1.29, 1.82) is 0 Å². The molecule has 1 amide bonds. The molecule has 2 aliphatic rings. The third-order valence-electron chi connectivity index (χ3n) is 3.48. The highest BCUT2D eigenvalue weighted by Gasteiger charge is 2.30. The summed E-state index contributed by atoms with van der Waals surface area (Å²) in [6, 6.07) is 0.520. The minimum atomic E-state index is 0.321. The standard InChI is InChI=1S/C11H20N2OS/c1-12-10-2-5-13(8-10)11(14)9-3-6-15-7-4-9/h9-10,12H,2-8H2,1H3. The summed E-state index contributed by atoms with van der Waals surface area (Å²) >= 11 is 1.98. The van der Waals surface area contributed by atoms with Crippen LogP contribution < -0.4 is 5.32 Å². The van der Waals surface area contributed by atoms with Gasteiger partial charge in [-0.25, -0.2) is 0 Å². The van der Waals surface area contributed by atoms with Gasteiger partial charge in [0.15, 0.2) is 0 Å². The Morgan fingerprint density at radius 3 is 2.67 bits per heavy atom. The molecule has 0 aromatic heterocycles. The second kappa shape index (κ2) is 5.21. The van der Waals surface area contributed by atoms with Crippen molar-refractivity contribution in [1.82, 2.24) is 10.2 Å². The highest BCUT2D eigenvalue weighted by atomic mass is 32.2. The monoisotopic (exact) mass is 228 g/mol. The lowest BCUT2D eigenvalue weighted by Gasteiger charge is -2.26. The Kier molecular flexibility index (Phi) is 3.92. The van der Waals surface area contributed by atoms with Crippen molar-refractivity contribution in [3.05, 3.63) is 0 Å². The average molecular weight is 228 g/mol. The summed E-state index contributed by atoms with van der Waals surface area (Å²) < 4.78 is 0. The normalized spacial score (nSPS) is 28.3. The molecule has 2 fully saturated rings. The largest absolute Gasteiger partial charge is 0.341 e. The highest BCUT2D eigenvalue weighted by molar-refractivity contribution is 7.99. The molecule has 15 heavy (non-hydrogen) atoms. The van der Waals surface area contributed by atoms with Crippen molar-refractivity contribution in [2.24, 2.45) is 5.92 Å². The van der Waals surface area contributed by atoms with Crippen LogP contribution in [0, 0.1) is 5.92 Å². The van der Waals surface area contributed by atoms with Gasteiger partial charge >= 0.3 is 0 Å². The number of carbonyl (C=O) groups is 1. The van der Waals surface area contributed by atoms with Crippen molar-refractivity contribution >= 4 is 17.7 Å². The third kappa shape index (κ3) is 2.67. The van der Waals surface area contributed by atoms with E-state index in [0.29, 0.717) is 17.9 Å². The third-order valence-corrected chi connectivity index (χ3v) is 4.53. The number of carbonyl (C=O) groups excluding carboxylic acids is 1.